The van der Waals surface area contributed by atoms with Crippen molar-refractivity contribution >= 4 is 22.4 Å². The van der Waals surface area contributed by atoms with E-state index in [0.29, 0.717) is 13.1 Å². The van der Waals surface area contributed by atoms with Gasteiger partial charge in [0.05, 0.1) is 0 Å². The van der Waals surface area contributed by atoms with Crippen LogP contribution in [0.1, 0.15) is 24.8 Å². The maximum absolute atomic E-state index is 12.0. The fourth-order valence-electron chi connectivity index (χ4n) is 2.99. The Balaban J connectivity index is 1.74. The van der Waals surface area contributed by atoms with Crippen molar-refractivity contribution in [2.75, 3.05) is 13.1 Å². The Kier molecular flexibility index (Phi) is 4.06. The van der Waals surface area contributed by atoms with Crippen LogP contribution in [0.4, 0.5) is 0 Å². The highest BCUT2D eigenvalue weighted by atomic mass is 16.1. The lowest BCUT2D eigenvalue weighted by molar-refractivity contribution is -0.125. The lowest BCUT2D eigenvalue weighted by Gasteiger charge is -2.21. The zero-order chi connectivity index (χ0) is 14.7. The zero-order valence-electron chi connectivity index (χ0n) is 12.1. The van der Waals surface area contributed by atoms with E-state index in [0.717, 1.165) is 24.8 Å². The average molecular weight is 283 g/mol. The maximum Gasteiger partial charge on any atom is 0.223 e. The number of carbonyl (C=O) groups excluding carboxylic acids is 1. The van der Waals surface area contributed by atoms with Crippen molar-refractivity contribution in [3.63, 3.8) is 0 Å². The normalized spacial score (nSPS) is 18.5. The molecule has 1 heterocycles. The highest BCUT2D eigenvalue weighted by molar-refractivity contribution is 5.93. The topological polar surface area (TPSA) is 70.9 Å². The Morgan fingerprint density at radius 3 is 3.00 bits per heavy atom. The van der Waals surface area contributed by atoms with E-state index in [4.69, 9.17) is 5.73 Å². The number of allylic oxidation sites excluding steroid dienone is 2. The fourth-order valence-corrected chi connectivity index (χ4v) is 2.99. The van der Waals surface area contributed by atoms with Crippen LogP contribution in [0.15, 0.2) is 36.5 Å². The number of nitrogens with two attached hydrogens (primary N) is 1. The van der Waals surface area contributed by atoms with Gasteiger partial charge in [-0.1, -0.05) is 24.3 Å². The number of benzene rings is 1. The van der Waals surface area contributed by atoms with Crippen LogP contribution >= 0.6 is 0 Å². The summed E-state index contributed by atoms with van der Waals surface area (Å²) >= 11 is 0. The van der Waals surface area contributed by atoms with Crippen LogP contribution in [0.25, 0.3) is 16.5 Å². The molecule has 1 aliphatic rings. The summed E-state index contributed by atoms with van der Waals surface area (Å²) in [5.74, 6) is 0.222. The molecule has 0 fully saturated rings. The maximum atomic E-state index is 12.0. The second-order valence-corrected chi connectivity index (χ2v) is 5.53. The van der Waals surface area contributed by atoms with Gasteiger partial charge in [0.25, 0.3) is 0 Å². The SMILES string of the molecule is NCCNC(=O)C1CC=C(c2c[nH]c3ccccc23)CC1. The number of amides is 1. The van der Waals surface area contributed by atoms with Crippen LogP contribution < -0.4 is 11.1 Å². The minimum Gasteiger partial charge on any atom is -0.361 e. The molecule has 1 atom stereocenters. The van der Waals surface area contributed by atoms with Gasteiger partial charge in [0, 0.05) is 41.7 Å². The molecule has 0 saturated carbocycles. The molecule has 21 heavy (non-hydrogen) atoms. The zero-order valence-corrected chi connectivity index (χ0v) is 12.1. The first-order chi connectivity index (χ1) is 10.3. The van der Waals surface area contributed by atoms with Crippen LogP contribution in [-0.4, -0.2) is 24.0 Å². The van der Waals surface area contributed by atoms with Gasteiger partial charge >= 0.3 is 0 Å². The average Bonchev–Trinajstić information content (AvgIpc) is 2.97. The standard InChI is InChI=1S/C17H21N3O/c18-9-10-19-17(21)13-7-5-12(6-8-13)15-11-20-16-4-2-1-3-14(15)16/h1-5,11,13,20H,6-10,18H2,(H,19,21). The van der Waals surface area contributed by atoms with Crippen LogP contribution in [0.5, 0.6) is 0 Å². The summed E-state index contributed by atoms with van der Waals surface area (Å²) in [6, 6.07) is 8.33. The number of hydrogen-bond donors (Lipinski definition) is 3. The summed E-state index contributed by atoms with van der Waals surface area (Å²) in [5, 5.41) is 4.14. The molecule has 4 N–H and O–H groups in total. The van der Waals surface area contributed by atoms with E-state index in [2.05, 4.69) is 40.8 Å². The molecule has 1 unspecified atom stereocenters. The second kappa shape index (κ2) is 6.14. The number of H-pyrrole nitrogens is 1. The third-order valence-electron chi connectivity index (χ3n) is 4.16. The predicted octanol–water partition coefficient (Wildman–Crippen LogP) is 2.43. The van der Waals surface area contributed by atoms with E-state index in [-0.39, 0.29) is 11.8 Å². The number of aromatic amines is 1. The minimum atomic E-state index is 0.0884. The van der Waals surface area contributed by atoms with Gasteiger partial charge in [-0.3, -0.25) is 4.79 Å². The van der Waals surface area contributed by atoms with Gasteiger partial charge in [-0.15, -0.1) is 0 Å². The molecule has 4 heteroatoms. The van der Waals surface area contributed by atoms with Crippen molar-refractivity contribution in [3.8, 4) is 0 Å². The van der Waals surface area contributed by atoms with Crippen molar-refractivity contribution in [2.45, 2.75) is 19.3 Å². The van der Waals surface area contributed by atoms with Crippen molar-refractivity contribution in [2.24, 2.45) is 11.7 Å². The molecule has 0 spiro atoms. The van der Waals surface area contributed by atoms with Crippen molar-refractivity contribution in [1.82, 2.24) is 10.3 Å². The lowest BCUT2D eigenvalue weighted by atomic mass is 9.86. The summed E-state index contributed by atoms with van der Waals surface area (Å²) in [7, 11) is 0. The fraction of sp³-hybridized carbons (Fsp3) is 0.353. The van der Waals surface area contributed by atoms with Gasteiger partial charge in [0.15, 0.2) is 0 Å². The van der Waals surface area contributed by atoms with Gasteiger partial charge in [-0.05, 0) is 30.9 Å². The molecule has 4 nitrogen and oxygen atoms in total. The van der Waals surface area contributed by atoms with Gasteiger partial charge in [-0.25, -0.2) is 0 Å². The van der Waals surface area contributed by atoms with Crippen molar-refractivity contribution in [3.05, 3.63) is 42.1 Å². The molecule has 1 aliphatic carbocycles. The van der Waals surface area contributed by atoms with E-state index < -0.39 is 0 Å². The summed E-state index contributed by atoms with van der Waals surface area (Å²) in [6.07, 6.45) is 6.95. The van der Waals surface area contributed by atoms with Gasteiger partial charge < -0.3 is 16.0 Å². The van der Waals surface area contributed by atoms with Crippen LogP contribution in [0, 0.1) is 5.92 Å². The number of para-hydroxylation sites is 1. The number of nitrogens with one attached hydrogen (secondary N) is 2. The van der Waals surface area contributed by atoms with Crippen molar-refractivity contribution in [1.29, 1.82) is 0 Å². The molecule has 0 bridgehead atoms. The number of hydrogen-bond acceptors (Lipinski definition) is 2. The lowest BCUT2D eigenvalue weighted by Crippen LogP contribution is -2.34. The molecule has 1 aromatic carbocycles. The third-order valence-corrected chi connectivity index (χ3v) is 4.16. The van der Waals surface area contributed by atoms with E-state index >= 15 is 0 Å². The molecule has 0 aliphatic heterocycles. The van der Waals surface area contributed by atoms with Crippen LogP contribution in [0.2, 0.25) is 0 Å². The molecule has 0 radical (unpaired) electrons. The highest BCUT2D eigenvalue weighted by Gasteiger charge is 2.22. The van der Waals surface area contributed by atoms with Gasteiger partial charge in [0.2, 0.25) is 5.91 Å². The van der Waals surface area contributed by atoms with E-state index in [1.165, 1.54) is 16.5 Å². The molecule has 0 saturated heterocycles. The first-order valence-electron chi connectivity index (χ1n) is 7.53. The van der Waals surface area contributed by atoms with Crippen molar-refractivity contribution < 1.29 is 4.79 Å². The summed E-state index contributed by atoms with van der Waals surface area (Å²) in [5.41, 5.74) is 9.19. The minimum absolute atomic E-state index is 0.0884. The van der Waals surface area contributed by atoms with E-state index in [1.807, 2.05) is 6.07 Å². The molecule has 1 aromatic heterocycles. The first-order valence-corrected chi connectivity index (χ1v) is 7.53. The Morgan fingerprint density at radius 2 is 2.24 bits per heavy atom. The number of fused-ring (bicyclic) bond motifs is 1. The predicted molar refractivity (Wildman–Crippen MR) is 85.7 cm³/mol. The Hall–Kier alpha value is -2.07. The number of aromatic nitrogens is 1. The quantitative estimate of drug-likeness (QED) is 0.806. The highest BCUT2D eigenvalue weighted by Crippen LogP contribution is 2.33. The largest absolute Gasteiger partial charge is 0.361 e. The smallest absolute Gasteiger partial charge is 0.223 e. The molecule has 1 amide bonds. The second-order valence-electron chi connectivity index (χ2n) is 5.53. The Morgan fingerprint density at radius 1 is 1.38 bits per heavy atom. The summed E-state index contributed by atoms with van der Waals surface area (Å²) < 4.78 is 0. The van der Waals surface area contributed by atoms with Gasteiger partial charge in [-0.2, -0.15) is 0 Å². The summed E-state index contributed by atoms with van der Waals surface area (Å²) in [6.45, 7) is 1.06. The number of carbonyl (C=O) groups is 1. The van der Waals surface area contributed by atoms with E-state index in [9.17, 15) is 4.79 Å². The summed E-state index contributed by atoms with van der Waals surface area (Å²) in [4.78, 5) is 15.3. The van der Waals surface area contributed by atoms with Gasteiger partial charge in [0.1, 0.15) is 0 Å². The molecular weight excluding hydrogens is 262 g/mol. The molecule has 2 aromatic rings. The van der Waals surface area contributed by atoms with Crippen LogP contribution in [0.3, 0.4) is 0 Å². The Bertz CT molecular complexity index is 671. The van der Waals surface area contributed by atoms with E-state index in [1.54, 1.807) is 0 Å². The third kappa shape index (κ3) is 2.85. The first kappa shape index (κ1) is 13.9. The van der Waals surface area contributed by atoms with Crippen LogP contribution in [-0.2, 0) is 4.79 Å². The molecular formula is C17H21N3O. The monoisotopic (exact) mass is 283 g/mol. The molecule has 110 valence electrons. The molecule has 3 rings (SSSR count). The number of rotatable bonds is 4. The Labute approximate surface area is 124 Å².